The molecule has 0 spiro atoms. The van der Waals surface area contributed by atoms with Gasteiger partial charge in [-0.3, -0.25) is 14.5 Å². The Balaban J connectivity index is 1.39. The third kappa shape index (κ3) is 5.53. The van der Waals surface area contributed by atoms with Crippen LogP contribution in [0.3, 0.4) is 0 Å². The van der Waals surface area contributed by atoms with Crippen molar-refractivity contribution >= 4 is 56.5 Å². The Morgan fingerprint density at radius 3 is 2.43 bits per heavy atom. The maximum atomic E-state index is 14.5. The quantitative estimate of drug-likeness (QED) is 0.0673. The van der Waals surface area contributed by atoms with Crippen LogP contribution in [0.2, 0.25) is 0 Å². The van der Waals surface area contributed by atoms with Gasteiger partial charge in [0, 0.05) is 11.3 Å². The number of halogens is 1. The van der Waals surface area contributed by atoms with Gasteiger partial charge < -0.3 is 5.11 Å². The predicted octanol–water partition coefficient (Wildman–Crippen LogP) is 8.35. The first-order valence-corrected chi connectivity index (χ1v) is 15.9. The molecule has 222 valence electrons. The molecule has 2 heterocycles. The van der Waals surface area contributed by atoms with E-state index < -0.39 is 29.3 Å². The maximum Gasteiger partial charge on any atom is 0.301 e. The second-order valence-corrected chi connectivity index (χ2v) is 14.0. The van der Waals surface area contributed by atoms with Crippen LogP contribution in [-0.2, 0) is 20.8 Å². The summed E-state index contributed by atoms with van der Waals surface area (Å²) in [7, 11) is 0. The van der Waals surface area contributed by atoms with Crippen molar-refractivity contribution in [2.24, 2.45) is 0 Å². The number of aromatic nitrogens is 2. The highest BCUT2D eigenvalue weighted by Crippen LogP contribution is 2.44. The summed E-state index contributed by atoms with van der Waals surface area (Å²) in [4.78, 5) is 28.5. The summed E-state index contributed by atoms with van der Waals surface area (Å²) in [6.07, 6.45) is 0. The van der Waals surface area contributed by atoms with Gasteiger partial charge in [0.25, 0.3) is 5.78 Å². The van der Waals surface area contributed by atoms with Gasteiger partial charge in [0.2, 0.25) is 5.13 Å². The molecule has 1 aliphatic rings. The van der Waals surface area contributed by atoms with Gasteiger partial charge >= 0.3 is 5.91 Å². The average molecular weight is 624 g/mol. The number of benzene rings is 4. The fraction of sp³-hybridized carbons (Fsp3) is 0.200. The molecule has 1 fully saturated rings. The maximum absolute atomic E-state index is 14.5. The number of aliphatic hydroxyl groups is 1. The standard InChI is InChI=1S/C35H30FN3O3S2/c1-20-12-13-23(18-27(20)36)30(40)28-29(22-14-16-25(17-15-22)35(2,3)4)39(32(42)31(28)41)33-37-38-34(44-33)43-19-24-10-7-9-21-8-5-6-11-26(21)24/h5-18,29,40H,19H2,1-4H3/b30-28-. The van der Waals surface area contributed by atoms with E-state index in [0.717, 1.165) is 21.9 Å². The Bertz CT molecular complexity index is 1940. The van der Waals surface area contributed by atoms with Crippen molar-refractivity contribution in [1.82, 2.24) is 10.2 Å². The van der Waals surface area contributed by atoms with Crippen molar-refractivity contribution < 1.29 is 19.1 Å². The van der Waals surface area contributed by atoms with Crippen molar-refractivity contribution in [3.05, 3.63) is 124 Å². The van der Waals surface area contributed by atoms with Crippen LogP contribution in [0.25, 0.3) is 16.5 Å². The smallest absolute Gasteiger partial charge is 0.301 e. The van der Waals surface area contributed by atoms with Crippen LogP contribution in [-0.4, -0.2) is 27.0 Å². The molecule has 4 aromatic carbocycles. The Labute approximate surface area is 263 Å². The minimum atomic E-state index is -0.975. The van der Waals surface area contributed by atoms with E-state index >= 15 is 0 Å². The molecule has 1 unspecified atom stereocenters. The van der Waals surface area contributed by atoms with Crippen molar-refractivity contribution in [1.29, 1.82) is 0 Å². The molecule has 0 bridgehead atoms. The summed E-state index contributed by atoms with van der Waals surface area (Å²) in [6, 6.07) is 25.2. The highest BCUT2D eigenvalue weighted by Gasteiger charge is 2.48. The molecule has 6 nitrogen and oxygen atoms in total. The van der Waals surface area contributed by atoms with Gasteiger partial charge in [-0.2, -0.15) is 0 Å². The molecule has 1 amide bonds. The molecule has 0 radical (unpaired) electrons. The summed E-state index contributed by atoms with van der Waals surface area (Å²) >= 11 is 2.71. The molecule has 1 saturated heterocycles. The molecule has 1 N–H and O–H groups in total. The topological polar surface area (TPSA) is 83.4 Å². The first kappa shape index (κ1) is 29.7. The lowest BCUT2D eigenvalue weighted by atomic mass is 9.85. The van der Waals surface area contributed by atoms with Crippen LogP contribution in [0, 0.1) is 12.7 Å². The number of anilines is 1. The Morgan fingerprint density at radius 1 is 0.977 bits per heavy atom. The summed E-state index contributed by atoms with van der Waals surface area (Å²) < 4.78 is 15.1. The normalized spacial score (nSPS) is 16.7. The molecule has 6 rings (SSSR count). The number of carbonyl (C=O) groups is 2. The van der Waals surface area contributed by atoms with Gasteiger partial charge in [-0.1, -0.05) is 123 Å². The van der Waals surface area contributed by atoms with E-state index in [2.05, 4.69) is 55.2 Å². The van der Waals surface area contributed by atoms with Gasteiger partial charge in [-0.15, -0.1) is 10.2 Å². The lowest BCUT2D eigenvalue weighted by Crippen LogP contribution is -2.29. The van der Waals surface area contributed by atoms with Crippen molar-refractivity contribution in [2.75, 3.05) is 4.90 Å². The second-order valence-electron chi connectivity index (χ2n) is 11.8. The largest absolute Gasteiger partial charge is 0.507 e. The van der Waals surface area contributed by atoms with Crippen molar-refractivity contribution in [3.8, 4) is 0 Å². The fourth-order valence-corrected chi connectivity index (χ4v) is 7.19. The zero-order valence-electron chi connectivity index (χ0n) is 24.7. The van der Waals surface area contributed by atoms with Gasteiger partial charge in [0.05, 0.1) is 11.6 Å². The number of nitrogens with zero attached hydrogens (tertiary/aromatic N) is 3. The van der Waals surface area contributed by atoms with E-state index in [1.807, 2.05) is 42.5 Å². The summed E-state index contributed by atoms with van der Waals surface area (Å²) in [5.41, 5.74) is 3.12. The number of aliphatic hydroxyl groups excluding tert-OH is 1. The molecule has 0 aliphatic carbocycles. The summed E-state index contributed by atoms with van der Waals surface area (Å²) in [5, 5.41) is 22.6. The molecule has 9 heteroatoms. The van der Waals surface area contributed by atoms with E-state index in [1.165, 1.54) is 46.2 Å². The van der Waals surface area contributed by atoms with Gasteiger partial charge in [-0.05, 0) is 51.4 Å². The number of thioether (sulfide) groups is 1. The number of amides is 1. The third-order valence-corrected chi connectivity index (χ3v) is 9.92. The van der Waals surface area contributed by atoms with E-state index in [1.54, 1.807) is 6.92 Å². The highest BCUT2D eigenvalue weighted by atomic mass is 32.2. The van der Waals surface area contributed by atoms with E-state index in [4.69, 9.17) is 0 Å². The Hall–Kier alpha value is -4.34. The zero-order chi connectivity index (χ0) is 31.2. The predicted molar refractivity (Wildman–Crippen MR) is 174 cm³/mol. The highest BCUT2D eigenvalue weighted by molar-refractivity contribution is 8.00. The molecule has 1 aliphatic heterocycles. The van der Waals surface area contributed by atoms with Gasteiger partial charge in [0.1, 0.15) is 11.6 Å². The van der Waals surface area contributed by atoms with Crippen LogP contribution in [0.15, 0.2) is 94.8 Å². The number of aryl methyl sites for hydroxylation is 1. The van der Waals surface area contributed by atoms with Crippen molar-refractivity contribution in [2.45, 2.75) is 49.2 Å². The molecule has 0 saturated carbocycles. The van der Waals surface area contributed by atoms with Crippen molar-refractivity contribution in [3.63, 3.8) is 0 Å². The molecule has 1 aromatic heterocycles. The number of carbonyl (C=O) groups excluding carboxylic acids is 2. The summed E-state index contributed by atoms with van der Waals surface area (Å²) in [5.74, 6) is -2.01. The third-order valence-electron chi connectivity index (χ3n) is 7.82. The Kier molecular flexibility index (Phi) is 7.86. The molecule has 44 heavy (non-hydrogen) atoms. The number of rotatable bonds is 6. The van der Waals surface area contributed by atoms with Gasteiger partial charge in [-0.25, -0.2) is 4.39 Å². The minimum Gasteiger partial charge on any atom is -0.507 e. The first-order valence-electron chi connectivity index (χ1n) is 14.1. The molecule has 1 atom stereocenters. The van der Waals surface area contributed by atoms with Crippen LogP contribution < -0.4 is 4.90 Å². The Morgan fingerprint density at radius 2 is 1.70 bits per heavy atom. The number of ketones is 1. The van der Waals surface area contributed by atoms with E-state index in [9.17, 15) is 19.1 Å². The zero-order valence-corrected chi connectivity index (χ0v) is 26.3. The lowest BCUT2D eigenvalue weighted by Gasteiger charge is -2.24. The van der Waals surface area contributed by atoms with Crippen LogP contribution in [0.5, 0.6) is 0 Å². The second kappa shape index (κ2) is 11.6. The SMILES string of the molecule is Cc1ccc(/C(O)=C2/C(=O)C(=O)N(c3nnc(SCc4cccc5ccccc45)s3)C2c2ccc(C(C)(C)C)cc2)cc1F. The lowest BCUT2D eigenvalue weighted by molar-refractivity contribution is -0.132. The van der Waals surface area contributed by atoms with Crippen LogP contribution in [0.4, 0.5) is 9.52 Å². The minimum absolute atomic E-state index is 0.116. The number of hydrogen-bond acceptors (Lipinski definition) is 7. The first-order chi connectivity index (χ1) is 21.0. The molecular weight excluding hydrogens is 594 g/mol. The average Bonchev–Trinajstić information content (AvgIpc) is 3.58. The van der Waals surface area contributed by atoms with Gasteiger partial charge in [0.15, 0.2) is 4.34 Å². The monoisotopic (exact) mass is 623 g/mol. The van der Waals surface area contributed by atoms with E-state index in [-0.39, 0.29) is 21.7 Å². The summed E-state index contributed by atoms with van der Waals surface area (Å²) in [6.45, 7) is 7.90. The number of Topliss-reactive ketones (excluding diaryl/α,β-unsaturated/α-hetero) is 1. The molecule has 5 aromatic rings. The number of hydrogen-bond donors (Lipinski definition) is 1. The van der Waals surface area contributed by atoms with Crippen LogP contribution >= 0.6 is 23.1 Å². The van der Waals surface area contributed by atoms with Crippen LogP contribution in [0.1, 0.15) is 54.6 Å². The number of fused-ring (bicyclic) bond motifs is 1. The molecular formula is C35H30FN3O3S2. The fourth-order valence-electron chi connectivity index (χ4n) is 5.32. The van der Waals surface area contributed by atoms with E-state index in [0.29, 0.717) is 21.2 Å².